The van der Waals surface area contributed by atoms with Crippen molar-refractivity contribution in [1.29, 1.82) is 0 Å². The lowest BCUT2D eigenvalue weighted by atomic mass is 10.0. The number of hydrogen-bond donors (Lipinski definition) is 1. The van der Waals surface area contributed by atoms with Gasteiger partial charge in [-0.1, -0.05) is 29.8 Å². The summed E-state index contributed by atoms with van der Waals surface area (Å²) in [6, 6.07) is 13.4. The van der Waals surface area contributed by atoms with E-state index in [0.29, 0.717) is 21.6 Å². The first kappa shape index (κ1) is 23.4. The summed E-state index contributed by atoms with van der Waals surface area (Å²) in [5, 5.41) is 2.85. The van der Waals surface area contributed by atoms with E-state index in [0.717, 1.165) is 32.5 Å². The van der Waals surface area contributed by atoms with Gasteiger partial charge in [-0.3, -0.25) is 4.79 Å². The number of fused-ring (bicyclic) bond motifs is 1. The number of rotatable bonds is 6. The van der Waals surface area contributed by atoms with Crippen LogP contribution in [0.4, 0.5) is 0 Å². The quantitative estimate of drug-likeness (QED) is 0.395. The lowest BCUT2D eigenvalue weighted by Crippen LogP contribution is -2.33. The molecule has 0 aliphatic carbocycles. The van der Waals surface area contributed by atoms with Crippen molar-refractivity contribution >= 4 is 32.3 Å². The Morgan fingerprint density at radius 3 is 2.15 bits per heavy atom. The Bertz CT molecular complexity index is 1480. The van der Waals surface area contributed by atoms with Gasteiger partial charge in [0.05, 0.1) is 4.90 Å². The van der Waals surface area contributed by atoms with Crippen LogP contribution in [0, 0.1) is 34.6 Å². The van der Waals surface area contributed by atoms with Crippen LogP contribution < -0.4 is 5.56 Å². The van der Waals surface area contributed by atoms with Gasteiger partial charge in [0, 0.05) is 34.4 Å². The summed E-state index contributed by atoms with van der Waals surface area (Å²) in [6.07, 6.45) is 0. The molecule has 0 spiro atoms. The van der Waals surface area contributed by atoms with Crippen molar-refractivity contribution in [2.75, 3.05) is 0 Å². The first-order valence-electron chi connectivity index (χ1n) is 10.8. The third kappa shape index (κ3) is 4.67. The maximum atomic E-state index is 13.9. The number of hydrogen-bond acceptors (Lipinski definition) is 4. The topological polar surface area (TPSA) is 70.2 Å². The molecular formula is C26H28N2O3S2. The largest absolute Gasteiger partial charge is 0.322 e. The van der Waals surface area contributed by atoms with Gasteiger partial charge in [-0.05, 0) is 80.5 Å². The van der Waals surface area contributed by atoms with E-state index in [9.17, 15) is 13.2 Å². The summed E-state index contributed by atoms with van der Waals surface area (Å²) >= 11 is 1.50. The fourth-order valence-electron chi connectivity index (χ4n) is 4.53. The molecule has 4 rings (SSSR count). The smallest absolute Gasteiger partial charge is 0.252 e. The van der Waals surface area contributed by atoms with Gasteiger partial charge in [0.25, 0.3) is 5.56 Å². The molecular weight excluding hydrogens is 452 g/mol. The van der Waals surface area contributed by atoms with Crippen molar-refractivity contribution in [3.63, 3.8) is 0 Å². The molecule has 0 aliphatic rings. The Morgan fingerprint density at radius 2 is 1.52 bits per heavy atom. The molecule has 172 valence electrons. The van der Waals surface area contributed by atoms with Gasteiger partial charge >= 0.3 is 0 Å². The van der Waals surface area contributed by atoms with Crippen LogP contribution in [0.2, 0.25) is 0 Å². The van der Waals surface area contributed by atoms with E-state index in [-0.39, 0.29) is 18.6 Å². The number of benzene rings is 2. The fraction of sp³-hybridized carbons (Fsp3) is 0.269. The molecule has 33 heavy (non-hydrogen) atoms. The number of aromatic amines is 1. The minimum absolute atomic E-state index is 0.00835. The third-order valence-electron chi connectivity index (χ3n) is 5.85. The SMILES string of the molecule is Cc1cc(C)c(S(=O)(=O)N(Cc2cccs2)Cc2cc3c(C)cc(C)cc3[nH]c2=O)c(C)c1. The van der Waals surface area contributed by atoms with Gasteiger partial charge in [-0.2, -0.15) is 4.31 Å². The van der Waals surface area contributed by atoms with Gasteiger partial charge in [-0.25, -0.2) is 8.42 Å². The third-order valence-corrected chi connectivity index (χ3v) is 8.81. The molecule has 0 bridgehead atoms. The van der Waals surface area contributed by atoms with Crippen molar-refractivity contribution in [1.82, 2.24) is 9.29 Å². The predicted molar refractivity (Wildman–Crippen MR) is 135 cm³/mol. The number of H-pyrrole nitrogens is 1. The van der Waals surface area contributed by atoms with Gasteiger partial charge < -0.3 is 4.98 Å². The summed E-state index contributed by atoms with van der Waals surface area (Å²) in [6.45, 7) is 9.79. The standard InChI is InChI=1S/C26H28N2O3S2/c1-16-10-19(4)25(20(5)11-16)33(30,31)28(15-22-7-6-8-32-22)14-21-13-23-18(3)9-17(2)12-24(23)27-26(21)29/h6-13H,14-15H2,1-5H3,(H,27,29). The second kappa shape index (κ2) is 8.89. The number of sulfonamides is 1. The lowest BCUT2D eigenvalue weighted by molar-refractivity contribution is 0.402. The van der Waals surface area contributed by atoms with E-state index in [1.54, 1.807) is 0 Å². The van der Waals surface area contributed by atoms with Crippen molar-refractivity contribution < 1.29 is 8.42 Å². The van der Waals surface area contributed by atoms with Crippen LogP contribution in [-0.4, -0.2) is 17.7 Å². The summed E-state index contributed by atoms with van der Waals surface area (Å²) in [7, 11) is -3.85. The van der Waals surface area contributed by atoms with Crippen LogP contribution in [0.1, 0.15) is 38.3 Å². The predicted octanol–water partition coefficient (Wildman–Crippen LogP) is 5.52. The van der Waals surface area contributed by atoms with E-state index in [1.807, 2.05) is 76.4 Å². The van der Waals surface area contributed by atoms with Crippen molar-refractivity contribution in [2.45, 2.75) is 52.6 Å². The van der Waals surface area contributed by atoms with Crippen LogP contribution in [0.3, 0.4) is 0 Å². The highest BCUT2D eigenvalue weighted by Gasteiger charge is 2.29. The van der Waals surface area contributed by atoms with Gasteiger partial charge in [0.1, 0.15) is 0 Å². The molecule has 0 radical (unpaired) electrons. The fourth-order valence-corrected chi connectivity index (χ4v) is 7.14. The van der Waals surface area contributed by atoms with Crippen molar-refractivity contribution in [3.05, 3.63) is 96.5 Å². The normalized spacial score (nSPS) is 12.1. The first-order valence-corrected chi connectivity index (χ1v) is 13.1. The van der Waals surface area contributed by atoms with Gasteiger partial charge in [-0.15, -0.1) is 11.3 Å². The molecule has 2 heterocycles. The Kier molecular flexibility index (Phi) is 6.31. The van der Waals surface area contributed by atoms with Crippen molar-refractivity contribution in [2.24, 2.45) is 0 Å². The van der Waals surface area contributed by atoms with E-state index in [4.69, 9.17) is 0 Å². The lowest BCUT2D eigenvalue weighted by Gasteiger charge is -2.24. The molecule has 7 heteroatoms. The Balaban J connectivity index is 1.84. The minimum Gasteiger partial charge on any atom is -0.322 e. The van der Waals surface area contributed by atoms with Gasteiger partial charge in [0.2, 0.25) is 10.0 Å². The summed E-state index contributed by atoms with van der Waals surface area (Å²) in [4.78, 5) is 17.1. The molecule has 5 nitrogen and oxygen atoms in total. The molecule has 0 atom stereocenters. The van der Waals surface area contributed by atoms with Crippen LogP contribution >= 0.6 is 11.3 Å². The van der Waals surface area contributed by atoms with Crippen LogP contribution in [-0.2, 0) is 23.1 Å². The van der Waals surface area contributed by atoms with E-state index in [1.165, 1.54) is 15.6 Å². The zero-order valence-corrected chi connectivity index (χ0v) is 21.2. The Labute approximate surface area is 198 Å². The highest BCUT2D eigenvalue weighted by atomic mass is 32.2. The summed E-state index contributed by atoms with van der Waals surface area (Å²) in [5.74, 6) is 0. The summed E-state index contributed by atoms with van der Waals surface area (Å²) < 4.78 is 29.3. The highest BCUT2D eigenvalue weighted by molar-refractivity contribution is 7.89. The van der Waals surface area contributed by atoms with Crippen molar-refractivity contribution in [3.8, 4) is 0 Å². The number of aryl methyl sites for hydroxylation is 5. The number of aromatic nitrogens is 1. The average Bonchev–Trinajstić information content (AvgIpc) is 3.20. The van der Waals surface area contributed by atoms with Gasteiger partial charge in [0.15, 0.2) is 0 Å². The maximum Gasteiger partial charge on any atom is 0.252 e. The monoisotopic (exact) mass is 480 g/mol. The number of thiophene rings is 1. The van der Waals surface area contributed by atoms with E-state index >= 15 is 0 Å². The Hall–Kier alpha value is -2.74. The maximum absolute atomic E-state index is 13.9. The molecule has 1 N–H and O–H groups in total. The molecule has 0 unspecified atom stereocenters. The first-order chi connectivity index (χ1) is 15.6. The minimum atomic E-state index is -3.85. The zero-order valence-electron chi connectivity index (χ0n) is 19.5. The second-order valence-electron chi connectivity index (χ2n) is 8.75. The molecule has 4 aromatic rings. The van der Waals surface area contributed by atoms with Crippen LogP contribution in [0.5, 0.6) is 0 Å². The van der Waals surface area contributed by atoms with Crippen LogP contribution in [0.15, 0.2) is 57.5 Å². The Morgan fingerprint density at radius 1 is 0.879 bits per heavy atom. The molecule has 2 aromatic carbocycles. The molecule has 0 saturated heterocycles. The van der Waals surface area contributed by atoms with E-state index in [2.05, 4.69) is 11.1 Å². The van der Waals surface area contributed by atoms with Crippen LogP contribution in [0.25, 0.3) is 10.9 Å². The molecule has 0 fully saturated rings. The average molecular weight is 481 g/mol. The highest BCUT2D eigenvalue weighted by Crippen LogP contribution is 2.29. The number of nitrogens with zero attached hydrogens (tertiary/aromatic N) is 1. The number of pyridine rings is 1. The molecule has 0 saturated carbocycles. The molecule has 0 aliphatic heterocycles. The summed E-state index contributed by atoms with van der Waals surface area (Å²) in [5.41, 5.74) is 5.47. The number of nitrogens with one attached hydrogen (secondary N) is 1. The second-order valence-corrected chi connectivity index (χ2v) is 11.7. The zero-order chi connectivity index (χ0) is 23.9. The molecule has 0 amide bonds. The molecule has 2 aromatic heterocycles. The van der Waals surface area contributed by atoms with E-state index < -0.39 is 10.0 Å².